The minimum absolute atomic E-state index is 0.427. The van der Waals surface area contributed by atoms with E-state index in [0.29, 0.717) is 25.5 Å². The molecular formula is C17H22F3N5S. The molecule has 0 amide bonds. The van der Waals surface area contributed by atoms with Gasteiger partial charge in [-0.2, -0.15) is 24.5 Å². The van der Waals surface area contributed by atoms with Crippen LogP contribution in [0.4, 0.5) is 19.0 Å². The molecule has 0 fully saturated rings. The second-order valence-electron chi connectivity index (χ2n) is 5.46. The van der Waals surface area contributed by atoms with Gasteiger partial charge in [0, 0.05) is 25.8 Å². The molecule has 2 rings (SSSR count). The lowest BCUT2D eigenvalue weighted by molar-refractivity contribution is -0.137. The van der Waals surface area contributed by atoms with Gasteiger partial charge in [0.15, 0.2) is 5.96 Å². The van der Waals surface area contributed by atoms with Gasteiger partial charge in [0.2, 0.25) is 0 Å². The zero-order valence-corrected chi connectivity index (χ0v) is 15.3. The van der Waals surface area contributed by atoms with Crippen LogP contribution in [0.5, 0.6) is 0 Å². The normalized spacial score (nSPS) is 12.1. The Labute approximate surface area is 154 Å². The quantitative estimate of drug-likeness (QED) is 0.368. The van der Waals surface area contributed by atoms with Crippen LogP contribution in [0.25, 0.3) is 0 Å². The molecule has 0 unspecified atom stereocenters. The maximum absolute atomic E-state index is 12.5. The summed E-state index contributed by atoms with van der Waals surface area (Å²) in [6.07, 6.45) is -2.76. The molecule has 2 aromatic rings. The summed E-state index contributed by atoms with van der Waals surface area (Å²) in [5, 5.41) is 13.5. The van der Waals surface area contributed by atoms with E-state index in [1.54, 1.807) is 11.3 Å². The zero-order valence-electron chi connectivity index (χ0n) is 14.4. The monoisotopic (exact) mass is 385 g/mol. The van der Waals surface area contributed by atoms with E-state index in [-0.39, 0.29) is 0 Å². The third-order valence-electron chi connectivity index (χ3n) is 3.39. The summed E-state index contributed by atoms with van der Waals surface area (Å²) in [5.74, 6) is 1.17. The SMILES string of the molecule is CCNC(=NCc1ccsc1)NCCCNc1ccc(C(F)(F)F)cn1. The smallest absolute Gasteiger partial charge is 0.370 e. The highest BCUT2D eigenvalue weighted by atomic mass is 32.1. The van der Waals surface area contributed by atoms with Crippen LogP contribution in [0.15, 0.2) is 40.1 Å². The topological polar surface area (TPSA) is 61.3 Å². The fourth-order valence-corrected chi connectivity index (χ4v) is 2.73. The van der Waals surface area contributed by atoms with Gasteiger partial charge in [-0.1, -0.05) is 0 Å². The number of halogens is 3. The van der Waals surface area contributed by atoms with Crippen LogP contribution in [0.3, 0.4) is 0 Å². The number of alkyl halides is 3. The van der Waals surface area contributed by atoms with Gasteiger partial charge in [0.1, 0.15) is 5.82 Å². The molecule has 5 nitrogen and oxygen atoms in total. The minimum Gasteiger partial charge on any atom is -0.370 e. The number of thiophene rings is 1. The molecule has 0 atom stereocenters. The lowest BCUT2D eigenvalue weighted by atomic mass is 10.3. The van der Waals surface area contributed by atoms with Gasteiger partial charge in [-0.05, 0) is 47.9 Å². The van der Waals surface area contributed by atoms with Crippen LogP contribution in [-0.2, 0) is 12.7 Å². The van der Waals surface area contributed by atoms with Gasteiger partial charge in [0.25, 0.3) is 0 Å². The fourth-order valence-electron chi connectivity index (χ4n) is 2.07. The summed E-state index contributed by atoms with van der Waals surface area (Å²) in [7, 11) is 0. The van der Waals surface area contributed by atoms with Crippen molar-refractivity contribution in [3.8, 4) is 0 Å². The van der Waals surface area contributed by atoms with Crippen molar-refractivity contribution in [2.75, 3.05) is 25.0 Å². The van der Waals surface area contributed by atoms with Gasteiger partial charge in [-0.15, -0.1) is 0 Å². The van der Waals surface area contributed by atoms with Crippen LogP contribution in [0, 0.1) is 0 Å². The van der Waals surface area contributed by atoms with Gasteiger partial charge in [-0.3, -0.25) is 0 Å². The summed E-state index contributed by atoms with van der Waals surface area (Å²) in [5.41, 5.74) is 0.420. The maximum atomic E-state index is 12.5. The molecule has 2 heterocycles. The highest BCUT2D eigenvalue weighted by Crippen LogP contribution is 2.28. The van der Waals surface area contributed by atoms with E-state index in [4.69, 9.17) is 0 Å². The molecule has 0 bridgehead atoms. The molecule has 0 aromatic carbocycles. The molecule has 0 saturated heterocycles. The predicted octanol–water partition coefficient (Wildman–Crippen LogP) is 3.72. The highest BCUT2D eigenvalue weighted by molar-refractivity contribution is 7.07. The molecular weight excluding hydrogens is 363 g/mol. The van der Waals surface area contributed by atoms with E-state index >= 15 is 0 Å². The summed E-state index contributed by atoms with van der Waals surface area (Å²) >= 11 is 1.64. The number of aliphatic imine (C=N–C) groups is 1. The second kappa shape index (κ2) is 10.0. The van der Waals surface area contributed by atoms with E-state index in [9.17, 15) is 13.2 Å². The molecule has 0 radical (unpaired) electrons. The molecule has 0 spiro atoms. The van der Waals surface area contributed by atoms with Crippen molar-refractivity contribution in [2.24, 2.45) is 4.99 Å². The van der Waals surface area contributed by atoms with Crippen LogP contribution < -0.4 is 16.0 Å². The Morgan fingerprint density at radius 2 is 2.04 bits per heavy atom. The summed E-state index contributed by atoms with van der Waals surface area (Å²) in [6, 6.07) is 4.40. The van der Waals surface area contributed by atoms with E-state index in [1.807, 2.05) is 18.4 Å². The molecule has 142 valence electrons. The molecule has 0 aliphatic rings. The molecule has 0 aliphatic heterocycles. The number of hydrogen-bond acceptors (Lipinski definition) is 4. The molecule has 3 N–H and O–H groups in total. The third-order valence-corrected chi connectivity index (χ3v) is 4.12. The Hall–Kier alpha value is -2.29. The first-order valence-corrected chi connectivity index (χ1v) is 9.23. The Kier molecular flexibility index (Phi) is 7.71. The van der Waals surface area contributed by atoms with Crippen molar-refractivity contribution in [3.05, 3.63) is 46.3 Å². The number of guanidine groups is 1. The molecule has 26 heavy (non-hydrogen) atoms. The van der Waals surface area contributed by atoms with Crippen molar-refractivity contribution >= 4 is 23.1 Å². The first-order chi connectivity index (χ1) is 12.5. The molecule has 9 heteroatoms. The van der Waals surface area contributed by atoms with Gasteiger partial charge in [-0.25, -0.2) is 9.98 Å². The van der Waals surface area contributed by atoms with Crippen molar-refractivity contribution in [3.63, 3.8) is 0 Å². The maximum Gasteiger partial charge on any atom is 0.417 e. The highest BCUT2D eigenvalue weighted by Gasteiger charge is 2.30. The van der Waals surface area contributed by atoms with E-state index in [0.717, 1.165) is 31.2 Å². The second-order valence-corrected chi connectivity index (χ2v) is 6.24. The van der Waals surface area contributed by atoms with Crippen molar-refractivity contribution < 1.29 is 13.2 Å². The zero-order chi connectivity index (χ0) is 18.8. The van der Waals surface area contributed by atoms with Crippen molar-refractivity contribution in [2.45, 2.75) is 26.1 Å². The number of rotatable bonds is 8. The van der Waals surface area contributed by atoms with Gasteiger partial charge in [0.05, 0.1) is 12.1 Å². The van der Waals surface area contributed by atoms with Crippen LogP contribution in [0.2, 0.25) is 0 Å². The Bertz CT molecular complexity index is 669. The Balaban J connectivity index is 1.70. The largest absolute Gasteiger partial charge is 0.417 e. The average molecular weight is 385 g/mol. The predicted molar refractivity (Wildman–Crippen MR) is 99.5 cm³/mol. The molecule has 2 aromatic heterocycles. The van der Waals surface area contributed by atoms with E-state index in [2.05, 4.69) is 31.3 Å². The van der Waals surface area contributed by atoms with Gasteiger partial charge >= 0.3 is 6.18 Å². The Morgan fingerprint density at radius 1 is 1.19 bits per heavy atom. The number of pyridine rings is 1. The van der Waals surface area contributed by atoms with E-state index < -0.39 is 11.7 Å². The minimum atomic E-state index is -4.36. The van der Waals surface area contributed by atoms with Crippen LogP contribution >= 0.6 is 11.3 Å². The van der Waals surface area contributed by atoms with Crippen LogP contribution in [0.1, 0.15) is 24.5 Å². The van der Waals surface area contributed by atoms with E-state index in [1.165, 1.54) is 11.6 Å². The van der Waals surface area contributed by atoms with Crippen molar-refractivity contribution in [1.29, 1.82) is 0 Å². The lowest BCUT2D eigenvalue weighted by Crippen LogP contribution is -2.38. The van der Waals surface area contributed by atoms with Gasteiger partial charge < -0.3 is 16.0 Å². The summed E-state index contributed by atoms with van der Waals surface area (Å²) in [4.78, 5) is 8.28. The summed E-state index contributed by atoms with van der Waals surface area (Å²) in [6.45, 7) is 4.66. The van der Waals surface area contributed by atoms with Crippen LogP contribution in [-0.4, -0.2) is 30.6 Å². The number of anilines is 1. The first kappa shape index (κ1) is 20.0. The average Bonchev–Trinajstić information content (AvgIpc) is 3.12. The fraction of sp³-hybridized carbons (Fsp3) is 0.412. The number of hydrogen-bond donors (Lipinski definition) is 3. The standard InChI is InChI=1S/C17H22F3N5S/c1-2-21-16(25-10-13-6-9-26-12-13)23-8-3-7-22-15-5-4-14(11-24-15)17(18,19)20/h4-6,9,11-12H,2-3,7-8,10H2,1H3,(H,22,24)(H2,21,23,25). The Morgan fingerprint density at radius 3 is 2.65 bits per heavy atom. The first-order valence-electron chi connectivity index (χ1n) is 8.29. The summed E-state index contributed by atoms with van der Waals surface area (Å²) < 4.78 is 37.4. The number of nitrogens with one attached hydrogen (secondary N) is 3. The van der Waals surface area contributed by atoms with Crippen molar-refractivity contribution in [1.82, 2.24) is 15.6 Å². The lowest BCUT2D eigenvalue weighted by Gasteiger charge is -2.12. The number of nitrogens with zero attached hydrogens (tertiary/aromatic N) is 2. The molecule has 0 saturated carbocycles. The number of aromatic nitrogens is 1. The molecule has 0 aliphatic carbocycles. The third kappa shape index (κ3) is 6.91.